The van der Waals surface area contributed by atoms with Gasteiger partial charge in [0.05, 0.1) is 12.7 Å². The third kappa shape index (κ3) is 4.62. The second-order valence-electron chi connectivity index (χ2n) is 5.76. The van der Waals surface area contributed by atoms with E-state index in [4.69, 9.17) is 16.3 Å². The Morgan fingerprint density at radius 2 is 2.15 bits per heavy atom. The minimum absolute atomic E-state index is 0.107. The Morgan fingerprint density at radius 1 is 1.27 bits per heavy atom. The average molecular weight is 387 g/mol. The summed E-state index contributed by atoms with van der Waals surface area (Å²) in [6.07, 6.45) is 4.30. The van der Waals surface area contributed by atoms with Crippen molar-refractivity contribution in [3.05, 3.63) is 81.3 Å². The maximum Gasteiger partial charge on any atom is 0.257 e. The van der Waals surface area contributed by atoms with E-state index >= 15 is 0 Å². The number of benzene rings is 1. The van der Waals surface area contributed by atoms with Crippen molar-refractivity contribution in [2.45, 2.75) is 13.0 Å². The Morgan fingerprint density at radius 3 is 2.85 bits per heavy atom. The molecule has 6 heteroatoms. The van der Waals surface area contributed by atoms with Crippen molar-refractivity contribution in [3.63, 3.8) is 0 Å². The van der Waals surface area contributed by atoms with Gasteiger partial charge in [0.25, 0.3) is 5.91 Å². The van der Waals surface area contributed by atoms with Crippen molar-refractivity contribution in [3.8, 4) is 5.75 Å². The van der Waals surface area contributed by atoms with Gasteiger partial charge in [-0.2, -0.15) is 0 Å². The first-order chi connectivity index (χ1) is 12.7. The summed E-state index contributed by atoms with van der Waals surface area (Å²) in [7, 11) is 1.55. The highest BCUT2D eigenvalue weighted by Gasteiger charge is 2.20. The van der Waals surface area contributed by atoms with Crippen molar-refractivity contribution >= 4 is 28.8 Å². The third-order valence-corrected chi connectivity index (χ3v) is 5.15. The van der Waals surface area contributed by atoms with Crippen LogP contribution >= 0.6 is 22.9 Å². The van der Waals surface area contributed by atoms with E-state index in [9.17, 15) is 4.79 Å². The van der Waals surface area contributed by atoms with Crippen molar-refractivity contribution in [1.29, 1.82) is 0 Å². The lowest BCUT2D eigenvalue weighted by Gasteiger charge is -2.23. The van der Waals surface area contributed by atoms with Gasteiger partial charge >= 0.3 is 0 Å². The lowest BCUT2D eigenvalue weighted by molar-refractivity contribution is 0.0742. The fraction of sp³-hybridized carbons (Fsp3) is 0.200. The van der Waals surface area contributed by atoms with Gasteiger partial charge in [0.2, 0.25) is 0 Å². The zero-order valence-corrected chi connectivity index (χ0v) is 16.0. The van der Waals surface area contributed by atoms with E-state index in [-0.39, 0.29) is 5.91 Å². The fourth-order valence-corrected chi connectivity index (χ4v) is 3.55. The van der Waals surface area contributed by atoms with E-state index in [1.165, 1.54) is 4.88 Å². The molecule has 0 atom stereocenters. The van der Waals surface area contributed by atoms with Crippen LogP contribution in [0.25, 0.3) is 0 Å². The van der Waals surface area contributed by atoms with Crippen LogP contribution in [-0.2, 0) is 13.0 Å². The number of hydrogen-bond acceptors (Lipinski definition) is 4. The molecule has 0 aliphatic heterocycles. The zero-order valence-electron chi connectivity index (χ0n) is 14.4. The summed E-state index contributed by atoms with van der Waals surface area (Å²) in [6, 6.07) is 13.0. The highest BCUT2D eigenvalue weighted by molar-refractivity contribution is 7.09. The molecule has 1 aromatic carbocycles. The highest BCUT2D eigenvalue weighted by atomic mass is 35.5. The predicted molar refractivity (Wildman–Crippen MR) is 105 cm³/mol. The van der Waals surface area contributed by atoms with Crippen molar-refractivity contribution in [2.24, 2.45) is 0 Å². The number of carbonyl (C=O) groups is 1. The second kappa shape index (κ2) is 8.83. The Balaban J connectivity index is 1.86. The number of rotatable bonds is 7. The third-order valence-electron chi connectivity index (χ3n) is 3.98. The molecule has 1 amide bonds. The maximum atomic E-state index is 13.2. The van der Waals surface area contributed by atoms with Gasteiger partial charge in [-0.25, -0.2) is 0 Å². The van der Waals surface area contributed by atoms with Crippen LogP contribution in [0.4, 0.5) is 0 Å². The Labute approximate surface area is 162 Å². The molecule has 0 N–H and O–H groups in total. The number of hydrogen-bond donors (Lipinski definition) is 0. The molecule has 0 saturated heterocycles. The first kappa shape index (κ1) is 18.4. The zero-order chi connectivity index (χ0) is 18.4. The number of pyridine rings is 1. The molecule has 2 heterocycles. The van der Waals surface area contributed by atoms with Gasteiger partial charge in [-0.05, 0) is 47.7 Å². The van der Waals surface area contributed by atoms with Crippen LogP contribution in [0.3, 0.4) is 0 Å². The van der Waals surface area contributed by atoms with E-state index in [0.29, 0.717) is 29.4 Å². The predicted octanol–water partition coefficient (Wildman–Crippen LogP) is 4.69. The molecular formula is C20H19ClN2O2S. The number of nitrogens with zero attached hydrogens (tertiary/aromatic N) is 2. The minimum Gasteiger partial charge on any atom is -0.496 e. The van der Waals surface area contributed by atoms with E-state index < -0.39 is 0 Å². The molecule has 0 aliphatic rings. The lowest BCUT2D eigenvalue weighted by atomic mass is 10.1. The number of carbonyl (C=O) groups excluding carboxylic acids is 1. The molecule has 0 fully saturated rings. The van der Waals surface area contributed by atoms with Crippen LogP contribution < -0.4 is 4.74 Å². The summed E-state index contributed by atoms with van der Waals surface area (Å²) < 4.78 is 5.36. The average Bonchev–Trinajstić information content (AvgIpc) is 3.19. The smallest absolute Gasteiger partial charge is 0.257 e. The number of aromatic nitrogens is 1. The Hall–Kier alpha value is -2.37. The quantitative estimate of drug-likeness (QED) is 0.591. The number of ether oxygens (including phenoxy) is 1. The van der Waals surface area contributed by atoms with Gasteiger partial charge in [-0.3, -0.25) is 9.78 Å². The van der Waals surface area contributed by atoms with Crippen LogP contribution in [0.1, 0.15) is 20.8 Å². The molecule has 26 heavy (non-hydrogen) atoms. The van der Waals surface area contributed by atoms with Crippen LogP contribution in [0.15, 0.2) is 60.2 Å². The van der Waals surface area contributed by atoms with E-state index in [0.717, 1.165) is 12.0 Å². The molecule has 0 aliphatic carbocycles. The summed E-state index contributed by atoms with van der Waals surface area (Å²) in [5.74, 6) is 0.413. The van der Waals surface area contributed by atoms with E-state index in [1.54, 1.807) is 49.0 Å². The topological polar surface area (TPSA) is 42.4 Å². The fourth-order valence-electron chi connectivity index (χ4n) is 2.68. The molecule has 0 unspecified atom stereocenters. The van der Waals surface area contributed by atoms with Crippen molar-refractivity contribution in [2.75, 3.05) is 13.7 Å². The first-order valence-corrected chi connectivity index (χ1v) is 9.47. The molecule has 4 nitrogen and oxygen atoms in total. The molecule has 0 bridgehead atoms. The lowest BCUT2D eigenvalue weighted by Crippen LogP contribution is -2.32. The maximum absolute atomic E-state index is 13.2. The molecule has 3 rings (SSSR count). The Kier molecular flexibility index (Phi) is 6.26. The van der Waals surface area contributed by atoms with Gasteiger partial charge in [0, 0.05) is 35.4 Å². The van der Waals surface area contributed by atoms with Gasteiger partial charge in [-0.15, -0.1) is 11.3 Å². The molecule has 0 radical (unpaired) electrons. The largest absolute Gasteiger partial charge is 0.496 e. The second-order valence-corrected chi connectivity index (χ2v) is 7.23. The van der Waals surface area contributed by atoms with Crippen LogP contribution in [0, 0.1) is 0 Å². The normalized spacial score (nSPS) is 10.5. The minimum atomic E-state index is -0.107. The Bertz CT molecular complexity index is 854. The highest BCUT2D eigenvalue weighted by Crippen LogP contribution is 2.25. The molecule has 3 aromatic rings. The molecule has 134 valence electrons. The van der Waals surface area contributed by atoms with Crippen molar-refractivity contribution in [1.82, 2.24) is 9.88 Å². The summed E-state index contributed by atoms with van der Waals surface area (Å²) in [5, 5.41) is 2.55. The SMILES string of the molecule is COc1ccc(Cl)cc1C(=O)N(CCc1cccs1)Cc1cccnc1. The van der Waals surface area contributed by atoms with Crippen LogP contribution in [-0.4, -0.2) is 29.4 Å². The number of thiophene rings is 1. The summed E-state index contributed by atoms with van der Waals surface area (Å²) in [4.78, 5) is 20.4. The molecule has 0 spiro atoms. The number of halogens is 1. The molecular weight excluding hydrogens is 368 g/mol. The summed E-state index contributed by atoms with van der Waals surface area (Å²) >= 11 is 7.80. The van der Waals surface area contributed by atoms with E-state index in [1.807, 2.05) is 28.5 Å². The molecule has 2 aromatic heterocycles. The van der Waals surface area contributed by atoms with Gasteiger partial charge in [0.15, 0.2) is 0 Å². The van der Waals surface area contributed by atoms with Gasteiger partial charge in [0.1, 0.15) is 5.75 Å². The van der Waals surface area contributed by atoms with Crippen LogP contribution in [0.5, 0.6) is 5.75 Å². The standard InChI is InChI=1S/C20H19ClN2O2S/c1-25-19-7-6-16(21)12-18(19)20(24)23(10-8-17-5-3-11-26-17)14-15-4-2-9-22-13-15/h2-7,9,11-13H,8,10,14H2,1H3. The molecule has 0 saturated carbocycles. The van der Waals surface area contributed by atoms with Gasteiger partial charge in [-0.1, -0.05) is 23.7 Å². The monoisotopic (exact) mass is 386 g/mol. The summed E-state index contributed by atoms with van der Waals surface area (Å²) in [6.45, 7) is 1.08. The van der Waals surface area contributed by atoms with Crippen molar-refractivity contribution < 1.29 is 9.53 Å². The van der Waals surface area contributed by atoms with Gasteiger partial charge < -0.3 is 9.64 Å². The number of amides is 1. The van der Waals surface area contributed by atoms with Crippen LogP contribution in [0.2, 0.25) is 5.02 Å². The summed E-state index contributed by atoms with van der Waals surface area (Å²) in [5.41, 5.74) is 1.45. The number of methoxy groups -OCH3 is 1. The van der Waals surface area contributed by atoms with E-state index in [2.05, 4.69) is 11.1 Å². The first-order valence-electron chi connectivity index (χ1n) is 8.21.